The second kappa shape index (κ2) is 9.28. The Morgan fingerprint density at radius 3 is 2.68 bits per heavy atom. The number of hydrogen-bond acceptors (Lipinski definition) is 4. The Bertz CT molecular complexity index is 622. The molecule has 1 N–H and O–H groups in total. The normalized spacial score (nSPS) is 15.8. The molecule has 0 saturated carbocycles. The number of rotatable bonds is 9. The van der Waals surface area contributed by atoms with Crippen LogP contribution in [0.25, 0.3) is 0 Å². The summed E-state index contributed by atoms with van der Waals surface area (Å²) in [5, 5.41) is 3.05. The quantitative estimate of drug-likeness (QED) is 0.710. The number of carbonyl (C=O) groups excluding carboxylic acids is 1. The van der Waals surface area contributed by atoms with E-state index in [9.17, 15) is 4.79 Å². The van der Waals surface area contributed by atoms with Crippen molar-refractivity contribution < 1.29 is 13.9 Å². The fourth-order valence-corrected chi connectivity index (χ4v) is 3.18. The largest absolute Gasteiger partial charge is 0.494 e. The van der Waals surface area contributed by atoms with Crippen LogP contribution in [0.5, 0.6) is 5.75 Å². The maximum atomic E-state index is 12.1. The minimum atomic E-state index is 0.0624. The number of nitrogens with zero attached hydrogens (tertiary/aromatic N) is 1. The zero-order valence-corrected chi connectivity index (χ0v) is 14.5. The molecule has 1 amide bonds. The maximum Gasteiger partial charge on any atom is 0.220 e. The van der Waals surface area contributed by atoms with Gasteiger partial charge in [-0.05, 0) is 56.6 Å². The molecule has 5 heteroatoms. The summed E-state index contributed by atoms with van der Waals surface area (Å²) >= 11 is 0. The number of nitrogens with one attached hydrogen (secondary N) is 1. The first-order valence-electron chi connectivity index (χ1n) is 9.05. The van der Waals surface area contributed by atoms with Crippen molar-refractivity contribution in [2.45, 2.75) is 31.7 Å². The fourth-order valence-electron chi connectivity index (χ4n) is 3.18. The molecule has 0 aliphatic carbocycles. The summed E-state index contributed by atoms with van der Waals surface area (Å²) in [4.78, 5) is 14.5. The number of likely N-dealkylation sites (tertiary alicyclic amines) is 1. The van der Waals surface area contributed by atoms with Crippen molar-refractivity contribution in [3.05, 3.63) is 54.5 Å². The van der Waals surface area contributed by atoms with Gasteiger partial charge in [0.1, 0.15) is 11.5 Å². The molecule has 3 rings (SSSR count). The van der Waals surface area contributed by atoms with E-state index in [0.717, 1.165) is 24.6 Å². The van der Waals surface area contributed by atoms with Gasteiger partial charge in [0.25, 0.3) is 0 Å². The van der Waals surface area contributed by atoms with E-state index in [0.29, 0.717) is 26.0 Å². The maximum absolute atomic E-state index is 12.1. The average Bonchev–Trinajstić information content (AvgIpc) is 3.34. The predicted octanol–water partition coefficient (Wildman–Crippen LogP) is 3.39. The van der Waals surface area contributed by atoms with Crippen LogP contribution in [0.2, 0.25) is 0 Å². The fraction of sp³-hybridized carbons (Fsp3) is 0.450. The van der Waals surface area contributed by atoms with E-state index in [1.807, 2.05) is 42.5 Å². The average molecular weight is 342 g/mol. The molecule has 1 atom stereocenters. The SMILES string of the molecule is O=C(CCCOc1ccccc1)NCC(c1ccco1)N1CCCC1. The Hall–Kier alpha value is -2.27. The molecule has 1 aromatic heterocycles. The summed E-state index contributed by atoms with van der Waals surface area (Å²) in [6, 6.07) is 13.7. The molecule has 2 heterocycles. The zero-order valence-electron chi connectivity index (χ0n) is 14.5. The van der Waals surface area contributed by atoms with Crippen LogP contribution in [0.15, 0.2) is 53.1 Å². The summed E-state index contributed by atoms with van der Waals surface area (Å²) in [7, 11) is 0. The van der Waals surface area contributed by atoms with Gasteiger partial charge in [0.05, 0.1) is 18.9 Å². The highest BCUT2D eigenvalue weighted by Gasteiger charge is 2.25. The number of carbonyl (C=O) groups is 1. The molecule has 1 aliphatic heterocycles. The molecular formula is C20H26N2O3. The first kappa shape index (κ1) is 17.5. The second-order valence-electron chi connectivity index (χ2n) is 6.34. The first-order chi connectivity index (χ1) is 12.3. The minimum Gasteiger partial charge on any atom is -0.494 e. The Morgan fingerprint density at radius 1 is 1.16 bits per heavy atom. The minimum absolute atomic E-state index is 0.0624. The van der Waals surface area contributed by atoms with Gasteiger partial charge in [0.2, 0.25) is 5.91 Å². The van der Waals surface area contributed by atoms with E-state index in [-0.39, 0.29) is 11.9 Å². The van der Waals surface area contributed by atoms with Crippen molar-refractivity contribution in [3.63, 3.8) is 0 Å². The second-order valence-corrected chi connectivity index (χ2v) is 6.34. The Labute approximate surface area is 149 Å². The van der Waals surface area contributed by atoms with E-state index in [1.54, 1.807) is 6.26 Å². The molecule has 25 heavy (non-hydrogen) atoms. The Morgan fingerprint density at radius 2 is 1.96 bits per heavy atom. The molecular weight excluding hydrogens is 316 g/mol. The molecule has 1 saturated heterocycles. The number of amides is 1. The van der Waals surface area contributed by atoms with Gasteiger partial charge in [-0.1, -0.05) is 18.2 Å². The van der Waals surface area contributed by atoms with Crippen molar-refractivity contribution in [1.82, 2.24) is 10.2 Å². The summed E-state index contributed by atoms with van der Waals surface area (Å²) in [6.45, 7) is 3.26. The van der Waals surface area contributed by atoms with Crippen LogP contribution in [-0.4, -0.2) is 37.0 Å². The van der Waals surface area contributed by atoms with Crippen molar-refractivity contribution in [3.8, 4) is 5.75 Å². The molecule has 1 aromatic carbocycles. The molecule has 0 spiro atoms. The van der Waals surface area contributed by atoms with E-state index in [2.05, 4.69) is 10.2 Å². The van der Waals surface area contributed by atoms with Crippen molar-refractivity contribution in [2.24, 2.45) is 0 Å². The third-order valence-corrected chi connectivity index (χ3v) is 4.51. The van der Waals surface area contributed by atoms with Gasteiger partial charge in [0.15, 0.2) is 0 Å². The van der Waals surface area contributed by atoms with Crippen molar-refractivity contribution in [2.75, 3.05) is 26.2 Å². The van der Waals surface area contributed by atoms with Crippen molar-refractivity contribution >= 4 is 5.91 Å². The topological polar surface area (TPSA) is 54.7 Å². The number of hydrogen-bond donors (Lipinski definition) is 1. The smallest absolute Gasteiger partial charge is 0.220 e. The van der Waals surface area contributed by atoms with Crippen molar-refractivity contribution in [1.29, 1.82) is 0 Å². The number of ether oxygens (including phenoxy) is 1. The lowest BCUT2D eigenvalue weighted by molar-refractivity contribution is -0.121. The van der Waals surface area contributed by atoms with Gasteiger partial charge in [0, 0.05) is 13.0 Å². The highest BCUT2D eigenvalue weighted by atomic mass is 16.5. The molecule has 1 unspecified atom stereocenters. The van der Waals surface area contributed by atoms with E-state index >= 15 is 0 Å². The predicted molar refractivity (Wildman–Crippen MR) is 96.4 cm³/mol. The van der Waals surface area contributed by atoms with Gasteiger partial charge in [-0.15, -0.1) is 0 Å². The van der Waals surface area contributed by atoms with Gasteiger partial charge in [-0.2, -0.15) is 0 Å². The van der Waals surface area contributed by atoms with Crippen LogP contribution in [0, 0.1) is 0 Å². The van der Waals surface area contributed by atoms with E-state index in [4.69, 9.17) is 9.15 Å². The molecule has 1 aliphatic rings. The van der Waals surface area contributed by atoms with Gasteiger partial charge in [-0.3, -0.25) is 9.69 Å². The highest BCUT2D eigenvalue weighted by molar-refractivity contribution is 5.75. The van der Waals surface area contributed by atoms with E-state index in [1.165, 1.54) is 12.8 Å². The summed E-state index contributed by atoms with van der Waals surface area (Å²) < 4.78 is 11.2. The third-order valence-electron chi connectivity index (χ3n) is 4.51. The first-order valence-corrected chi connectivity index (χ1v) is 9.05. The molecule has 134 valence electrons. The number of benzene rings is 1. The number of para-hydroxylation sites is 1. The van der Waals surface area contributed by atoms with Crippen LogP contribution < -0.4 is 10.1 Å². The molecule has 5 nitrogen and oxygen atoms in total. The number of furan rings is 1. The van der Waals surface area contributed by atoms with Crippen LogP contribution in [0.1, 0.15) is 37.5 Å². The van der Waals surface area contributed by atoms with Crippen LogP contribution in [0.3, 0.4) is 0 Å². The zero-order chi connectivity index (χ0) is 17.3. The van der Waals surface area contributed by atoms with Crippen LogP contribution >= 0.6 is 0 Å². The van der Waals surface area contributed by atoms with E-state index < -0.39 is 0 Å². The van der Waals surface area contributed by atoms with Crippen LogP contribution in [-0.2, 0) is 4.79 Å². The van der Waals surface area contributed by atoms with Gasteiger partial charge >= 0.3 is 0 Å². The lowest BCUT2D eigenvalue weighted by atomic mass is 10.2. The molecule has 1 fully saturated rings. The molecule has 0 radical (unpaired) electrons. The Kier molecular flexibility index (Phi) is 6.51. The molecule has 0 bridgehead atoms. The van der Waals surface area contributed by atoms with Gasteiger partial charge in [-0.25, -0.2) is 0 Å². The standard InChI is InChI=1S/C20H26N2O3/c23-20(11-7-14-24-17-8-2-1-3-9-17)21-16-18(19-10-6-15-25-19)22-12-4-5-13-22/h1-3,6,8-10,15,18H,4-5,7,11-14,16H2,(H,21,23). The lowest BCUT2D eigenvalue weighted by Crippen LogP contribution is -2.36. The summed E-state index contributed by atoms with van der Waals surface area (Å²) in [6.07, 6.45) is 5.29. The summed E-state index contributed by atoms with van der Waals surface area (Å²) in [5.41, 5.74) is 0. The monoisotopic (exact) mass is 342 g/mol. The third kappa shape index (κ3) is 5.36. The molecule has 2 aromatic rings. The Balaban J connectivity index is 1.39. The van der Waals surface area contributed by atoms with Crippen LogP contribution in [0.4, 0.5) is 0 Å². The summed E-state index contributed by atoms with van der Waals surface area (Å²) in [5.74, 6) is 1.83. The van der Waals surface area contributed by atoms with Gasteiger partial charge < -0.3 is 14.5 Å². The lowest BCUT2D eigenvalue weighted by Gasteiger charge is -2.26. The highest BCUT2D eigenvalue weighted by Crippen LogP contribution is 2.24.